The second-order valence-corrected chi connectivity index (χ2v) is 3.53. The zero-order valence-corrected chi connectivity index (χ0v) is 9.43. The number of rotatable bonds is 4. The van der Waals surface area contributed by atoms with Gasteiger partial charge >= 0.3 is 0 Å². The van der Waals surface area contributed by atoms with Crippen molar-refractivity contribution in [2.45, 2.75) is 6.61 Å². The molecule has 6 heteroatoms. The summed E-state index contributed by atoms with van der Waals surface area (Å²) in [6, 6.07) is 6.34. The van der Waals surface area contributed by atoms with Crippen LogP contribution in [0.5, 0.6) is 5.88 Å². The van der Waals surface area contributed by atoms with Gasteiger partial charge in [0.2, 0.25) is 5.88 Å². The summed E-state index contributed by atoms with van der Waals surface area (Å²) in [7, 11) is 0. The summed E-state index contributed by atoms with van der Waals surface area (Å²) in [5.74, 6) is -0.239. The largest absolute Gasteiger partial charge is 0.472 e. The van der Waals surface area contributed by atoms with Crippen LogP contribution in [0.1, 0.15) is 11.3 Å². The third-order valence-corrected chi connectivity index (χ3v) is 2.24. The molecule has 0 saturated carbocycles. The molecule has 0 amide bonds. The highest BCUT2D eigenvalue weighted by atomic mass is 19.1. The van der Waals surface area contributed by atoms with E-state index in [0.29, 0.717) is 5.56 Å². The summed E-state index contributed by atoms with van der Waals surface area (Å²) in [4.78, 5) is 7.80. The molecule has 92 valence electrons. The molecule has 0 aliphatic heterocycles. The Morgan fingerprint density at radius 1 is 1.28 bits per heavy atom. The van der Waals surface area contributed by atoms with Crippen LogP contribution in [0, 0.1) is 11.2 Å². The molecular formula is C12H11FN4O. The lowest BCUT2D eigenvalue weighted by molar-refractivity contribution is 0.286. The maximum Gasteiger partial charge on any atom is 0.232 e. The normalized spacial score (nSPS) is 10.1. The van der Waals surface area contributed by atoms with E-state index in [2.05, 4.69) is 9.97 Å². The summed E-state index contributed by atoms with van der Waals surface area (Å²) in [6.07, 6.45) is 2.68. The molecule has 0 spiro atoms. The molecule has 1 aromatic heterocycles. The second kappa shape index (κ2) is 5.22. The molecular weight excluding hydrogens is 235 g/mol. The lowest BCUT2D eigenvalue weighted by atomic mass is 10.2. The van der Waals surface area contributed by atoms with Crippen molar-refractivity contribution < 1.29 is 9.13 Å². The summed E-state index contributed by atoms with van der Waals surface area (Å²) in [6.45, 7) is 0.0702. The van der Waals surface area contributed by atoms with Gasteiger partial charge < -0.3 is 10.5 Å². The van der Waals surface area contributed by atoms with E-state index >= 15 is 0 Å². The molecule has 18 heavy (non-hydrogen) atoms. The van der Waals surface area contributed by atoms with Crippen molar-refractivity contribution >= 4 is 5.84 Å². The van der Waals surface area contributed by atoms with E-state index in [9.17, 15) is 4.39 Å². The number of ether oxygens (including phenoxy) is 1. The molecule has 0 fully saturated rings. The molecule has 0 saturated heterocycles. The van der Waals surface area contributed by atoms with Gasteiger partial charge in [-0.1, -0.05) is 18.2 Å². The van der Waals surface area contributed by atoms with Gasteiger partial charge in [0.05, 0.1) is 12.4 Å². The minimum absolute atomic E-state index is 0.0702. The van der Waals surface area contributed by atoms with Gasteiger partial charge in [-0.3, -0.25) is 5.41 Å². The zero-order chi connectivity index (χ0) is 13.0. The van der Waals surface area contributed by atoms with E-state index in [-0.39, 0.29) is 29.8 Å². The molecule has 3 N–H and O–H groups in total. The van der Waals surface area contributed by atoms with Gasteiger partial charge in [-0.05, 0) is 6.07 Å². The van der Waals surface area contributed by atoms with Crippen molar-refractivity contribution in [3.63, 3.8) is 0 Å². The molecule has 0 aliphatic rings. The smallest absolute Gasteiger partial charge is 0.232 e. The maximum absolute atomic E-state index is 13.3. The molecule has 2 aromatic rings. The van der Waals surface area contributed by atoms with Crippen molar-refractivity contribution in [3.8, 4) is 5.88 Å². The van der Waals surface area contributed by atoms with E-state index in [1.807, 2.05) is 0 Å². The SMILES string of the molecule is N=C(N)c1cnc(OCc2ccccc2F)cn1. The van der Waals surface area contributed by atoms with Gasteiger partial charge in [0, 0.05) is 5.56 Å². The predicted molar refractivity (Wildman–Crippen MR) is 63.8 cm³/mol. The van der Waals surface area contributed by atoms with Crippen LogP contribution in [0.25, 0.3) is 0 Å². The minimum Gasteiger partial charge on any atom is -0.472 e. The number of aromatic nitrogens is 2. The van der Waals surface area contributed by atoms with Crippen LogP contribution < -0.4 is 10.5 Å². The van der Waals surface area contributed by atoms with E-state index in [0.717, 1.165) is 0 Å². The first-order chi connectivity index (χ1) is 8.66. The van der Waals surface area contributed by atoms with Gasteiger partial charge in [-0.25, -0.2) is 14.4 Å². The Kier molecular flexibility index (Phi) is 3.47. The highest BCUT2D eigenvalue weighted by Gasteiger charge is 2.04. The first kappa shape index (κ1) is 12.0. The Labute approximate surface area is 103 Å². The van der Waals surface area contributed by atoms with Gasteiger partial charge in [0.1, 0.15) is 24.0 Å². The summed E-state index contributed by atoms with van der Waals surface area (Å²) in [5, 5.41) is 7.16. The van der Waals surface area contributed by atoms with Crippen molar-refractivity contribution in [3.05, 3.63) is 53.7 Å². The fourth-order valence-electron chi connectivity index (χ4n) is 1.30. The fraction of sp³-hybridized carbons (Fsp3) is 0.0833. The van der Waals surface area contributed by atoms with Gasteiger partial charge in [-0.2, -0.15) is 0 Å². The molecule has 2 rings (SSSR count). The minimum atomic E-state index is -0.328. The third kappa shape index (κ3) is 2.79. The highest BCUT2D eigenvalue weighted by molar-refractivity contribution is 5.92. The average Bonchev–Trinajstić information content (AvgIpc) is 2.38. The van der Waals surface area contributed by atoms with E-state index in [4.69, 9.17) is 15.9 Å². The zero-order valence-electron chi connectivity index (χ0n) is 9.43. The molecule has 0 radical (unpaired) electrons. The number of halogens is 1. The van der Waals surface area contributed by atoms with Crippen molar-refractivity contribution in [1.29, 1.82) is 5.41 Å². The van der Waals surface area contributed by atoms with Crippen LogP contribution in [-0.2, 0) is 6.61 Å². The predicted octanol–water partition coefficient (Wildman–Crippen LogP) is 1.48. The number of nitrogens with two attached hydrogens (primary N) is 1. The van der Waals surface area contributed by atoms with Crippen molar-refractivity contribution in [2.75, 3.05) is 0 Å². The Morgan fingerprint density at radius 2 is 2.06 bits per heavy atom. The highest BCUT2D eigenvalue weighted by Crippen LogP contribution is 2.11. The number of amidine groups is 1. The third-order valence-electron chi connectivity index (χ3n) is 2.24. The lowest BCUT2D eigenvalue weighted by Crippen LogP contribution is -2.13. The Bertz CT molecular complexity index is 556. The molecule has 0 unspecified atom stereocenters. The number of nitrogens with one attached hydrogen (secondary N) is 1. The van der Waals surface area contributed by atoms with Crippen LogP contribution >= 0.6 is 0 Å². The van der Waals surface area contributed by atoms with Crippen LogP contribution in [0.4, 0.5) is 4.39 Å². The van der Waals surface area contributed by atoms with Crippen LogP contribution in [0.3, 0.4) is 0 Å². The van der Waals surface area contributed by atoms with Crippen molar-refractivity contribution in [1.82, 2.24) is 9.97 Å². The maximum atomic E-state index is 13.3. The number of nitrogen functional groups attached to an aromatic ring is 1. The number of benzene rings is 1. The average molecular weight is 246 g/mol. The number of nitrogens with zero attached hydrogens (tertiary/aromatic N) is 2. The van der Waals surface area contributed by atoms with Gasteiger partial charge in [-0.15, -0.1) is 0 Å². The Morgan fingerprint density at radius 3 is 2.67 bits per heavy atom. The van der Waals surface area contributed by atoms with Gasteiger partial charge in [0.15, 0.2) is 0 Å². The summed E-state index contributed by atoms with van der Waals surface area (Å²) in [5.41, 5.74) is 5.95. The molecule has 0 aliphatic carbocycles. The Balaban J connectivity index is 2.02. The molecule has 1 heterocycles. The molecule has 5 nitrogen and oxygen atoms in total. The Hall–Kier alpha value is -2.50. The topological polar surface area (TPSA) is 84.9 Å². The fourth-order valence-corrected chi connectivity index (χ4v) is 1.30. The van der Waals surface area contributed by atoms with Crippen LogP contribution in [0.2, 0.25) is 0 Å². The van der Waals surface area contributed by atoms with Gasteiger partial charge in [0.25, 0.3) is 0 Å². The van der Waals surface area contributed by atoms with E-state index < -0.39 is 0 Å². The quantitative estimate of drug-likeness (QED) is 0.632. The van der Waals surface area contributed by atoms with Crippen LogP contribution in [0.15, 0.2) is 36.7 Å². The molecule has 0 atom stereocenters. The monoisotopic (exact) mass is 246 g/mol. The molecule has 1 aromatic carbocycles. The van der Waals surface area contributed by atoms with Crippen LogP contribution in [-0.4, -0.2) is 15.8 Å². The summed E-state index contributed by atoms with van der Waals surface area (Å²) < 4.78 is 18.6. The lowest BCUT2D eigenvalue weighted by Gasteiger charge is -2.06. The number of hydrogen-bond acceptors (Lipinski definition) is 4. The van der Waals surface area contributed by atoms with E-state index in [1.165, 1.54) is 18.5 Å². The van der Waals surface area contributed by atoms with Crippen molar-refractivity contribution in [2.24, 2.45) is 5.73 Å². The first-order valence-electron chi connectivity index (χ1n) is 5.19. The molecule has 0 bridgehead atoms. The first-order valence-corrected chi connectivity index (χ1v) is 5.19. The van der Waals surface area contributed by atoms with E-state index in [1.54, 1.807) is 18.2 Å². The summed E-state index contributed by atoms with van der Waals surface area (Å²) >= 11 is 0. The second-order valence-electron chi connectivity index (χ2n) is 3.53. The number of hydrogen-bond donors (Lipinski definition) is 2. The standard InChI is InChI=1S/C12H11FN4O/c13-9-4-2-1-3-8(9)7-18-11-6-16-10(5-17-11)12(14)15/h1-6H,7H2,(H3,14,15).